The van der Waals surface area contributed by atoms with E-state index in [0.717, 1.165) is 5.75 Å². The van der Waals surface area contributed by atoms with Gasteiger partial charge in [0.05, 0.1) is 13.2 Å². The van der Waals surface area contributed by atoms with Crippen LogP contribution in [0.15, 0.2) is 12.1 Å². The van der Waals surface area contributed by atoms with Crippen LogP contribution in [0.3, 0.4) is 0 Å². The molecule has 1 N–H and O–H groups in total. The molecule has 0 bridgehead atoms. The van der Waals surface area contributed by atoms with Gasteiger partial charge in [-0.3, -0.25) is 4.79 Å². The van der Waals surface area contributed by atoms with Crippen LogP contribution in [0.2, 0.25) is 5.15 Å². The minimum Gasteiger partial charge on any atom is -0.481 e. The standard InChI is InChI=1S/C15H21ClN2O4S/c1-9(2)22-15(20)11(5-6-23-4)17-14(19)10-7-12(16)18-13(8-10)21-3/h7-9,11H,5-6H2,1-4H3,(H,17,19). The number of rotatable bonds is 8. The SMILES string of the molecule is COc1cc(C(=O)NC(CCSC)C(=O)OC(C)C)cc(Cl)n1. The van der Waals surface area contributed by atoms with Gasteiger partial charge in [-0.1, -0.05) is 11.6 Å². The number of amides is 1. The van der Waals surface area contributed by atoms with Gasteiger partial charge in [0, 0.05) is 11.6 Å². The van der Waals surface area contributed by atoms with Crippen LogP contribution in [0.5, 0.6) is 5.88 Å². The van der Waals surface area contributed by atoms with E-state index in [2.05, 4.69) is 10.3 Å². The van der Waals surface area contributed by atoms with Crippen molar-refractivity contribution in [2.45, 2.75) is 32.4 Å². The van der Waals surface area contributed by atoms with Gasteiger partial charge in [0.1, 0.15) is 11.2 Å². The summed E-state index contributed by atoms with van der Waals surface area (Å²) in [6.07, 6.45) is 2.17. The molecule has 1 aromatic rings. The zero-order valence-corrected chi connectivity index (χ0v) is 15.2. The molecule has 0 fully saturated rings. The third kappa shape index (κ3) is 6.66. The highest BCUT2D eigenvalue weighted by Crippen LogP contribution is 2.16. The van der Waals surface area contributed by atoms with Gasteiger partial charge in [-0.05, 0) is 38.3 Å². The third-order valence-corrected chi connectivity index (χ3v) is 3.63. The summed E-state index contributed by atoms with van der Waals surface area (Å²) in [6.45, 7) is 3.53. The summed E-state index contributed by atoms with van der Waals surface area (Å²) >= 11 is 7.45. The highest BCUT2D eigenvalue weighted by molar-refractivity contribution is 7.98. The number of pyridine rings is 1. The molecule has 6 nitrogen and oxygen atoms in total. The van der Waals surface area contributed by atoms with Crippen LogP contribution in [0.4, 0.5) is 0 Å². The van der Waals surface area contributed by atoms with Gasteiger partial charge in [-0.2, -0.15) is 11.8 Å². The predicted molar refractivity (Wildman–Crippen MR) is 91.3 cm³/mol. The lowest BCUT2D eigenvalue weighted by Crippen LogP contribution is -2.43. The molecule has 0 aliphatic heterocycles. The second-order valence-corrected chi connectivity index (χ2v) is 6.39. The Hall–Kier alpha value is -1.47. The molecule has 0 radical (unpaired) electrons. The number of carbonyl (C=O) groups is 2. The fraction of sp³-hybridized carbons (Fsp3) is 0.533. The van der Waals surface area contributed by atoms with Crippen molar-refractivity contribution in [1.82, 2.24) is 10.3 Å². The summed E-state index contributed by atoms with van der Waals surface area (Å²) in [5.41, 5.74) is 0.272. The first kappa shape index (κ1) is 19.6. The van der Waals surface area contributed by atoms with Crippen molar-refractivity contribution in [3.05, 3.63) is 22.8 Å². The van der Waals surface area contributed by atoms with Crippen LogP contribution < -0.4 is 10.1 Å². The lowest BCUT2D eigenvalue weighted by molar-refractivity contribution is -0.149. The summed E-state index contributed by atoms with van der Waals surface area (Å²) < 4.78 is 10.2. The van der Waals surface area contributed by atoms with Crippen molar-refractivity contribution in [2.24, 2.45) is 0 Å². The van der Waals surface area contributed by atoms with E-state index in [1.807, 2.05) is 6.26 Å². The summed E-state index contributed by atoms with van der Waals surface area (Å²) in [6, 6.07) is 2.16. The van der Waals surface area contributed by atoms with E-state index in [1.165, 1.54) is 19.2 Å². The van der Waals surface area contributed by atoms with Crippen LogP contribution in [0.1, 0.15) is 30.6 Å². The molecule has 0 aromatic carbocycles. The van der Waals surface area contributed by atoms with E-state index in [4.69, 9.17) is 21.1 Å². The number of esters is 1. The Morgan fingerprint density at radius 2 is 2.09 bits per heavy atom. The van der Waals surface area contributed by atoms with Crippen LogP contribution in [0, 0.1) is 0 Å². The number of aromatic nitrogens is 1. The summed E-state index contributed by atoms with van der Waals surface area (Å²) in [7, 11) is 1.43. The van der Waals surface area contributed by atoms with Gasteiger partial charge < -0.3 is 14.8 Å². The Labute approximate surface area is 145 Å². The van der Waals surface area contributed by atoms with E-state index in [1.54, 1.807) is 25.6 Å². The maximum atomic E-state index is 12.4. The van der Waals surface area contributed by atoms with Crippen LogP contribution in [-0.2, 0) is 9.53 Å². The Balaban J connectivity index is 2.87. The normalized spacial score (nSPS) is 11.9. The molecule has 0 spiro atoms. The van der Waals surface area contributed by atoms with Crippen molar-refractivity contribution < 1.29 is 19.1 Å². The fourth-order valence-corrected chi connectivity index (χ4v) is 2.42. The Morgan fingerprint density at radius 3 is 2.65 bits per heavy atom. The number of hydrogen-bond donors (Lipinski definition) is 1. The number of methoxy groups -OCH3 is 1. The molecule has 0 saturated heterocycles. The maximum Gasteiger partial charge on any atom is 0.328 e. The van der Waals surface area contributed by atoms with E-state index in [0.29, 0.717) is 6.42 Å². The second-order valence-electron chi connectivity index (χ2n) is 5.01. The van der Waals surface area contributed by atoms with Crippen molar-refractivity contribution in [2.75, 3.05) is 19.1 Å². The van der Waals surface area contributed by atoms with Crippen LogP contribution in [-0.4, -0.2) is 48.1 Å². The first-order valence-corrected chi connectivity index (χ1v) is 8.86. The van der Waals surface area contributed by atoms with Gasteiger partial charge in [-0.25, -0.2) is 9.78 Å². The molecule has 1 atom stereocenters. The Kier molecular flexibility index (Phi) is 8.19. The third-order valence-electron chi connectivity index (χ3n) is 2.79. The van der Waals surface area contributed by atoms with Crippen molar-refractivity contribution in [3.8, 4) is 5.88 Å². The summed E-state index contributed by atoms with van der Waals surface area (Å²) in [5, 5.41) is 2.82. The molecule has 1 aromatic heterocycles. The number of thioether (sulfide) groups is 1. The zero-order chi connectivity index (χ0) is 17.4. The number of nitrogens with one attached hydrogen (secondary N) is 1. The average molecular weight is 361 g/mol. The molecule has 1 rings (SSSR count). The van der Waals surface area contributed by atoms with Gasteiger partial charge in [0.2, 0.25) is 5.88 Å². The minimum absolute atomic E-state index is 0.139. The monoisotopic (exact) mass is 360 g/mol. The first-order valence-electron chi connectivity index (χ1n) is 7.09. The van der Waals surface area contributed by atoms with Crippen LogP contribution in [0.25, 0.3) is 0 Å². The molecule has 0 aliphatic rings. The van der Waals surface area contributed by atoms with Crippen molar-refractivity contribution in [3.63, 3.8) is 0 Å². The van der Waals surface area contributed by atoms with Crippen molar-refractivity contribution in [1.29, 1.82) is 0 Å². The second kappa shape index (κ2) is 9.62. The van der Waals surface area contributed by atoms with Gasteiger partial charge in [0.25, 0.3) is 5.91 Å². The quantitative estimate of drug-likeness (QED) is 0.567. The topological polar surface area (TPSA) is 77.5 Å². The summed E-state index contributed by atoms with van der Waals surface area (Å²) in [4.78, 5) is 28.4. The predicted octanol–water partition coefficient (Wildman–Crippen LogP) is 2.55. The number of carbonyl (C=O) groups excluding carboxylic acids is 2. The van der Waals surface area contributed by atoms with Crippen molar-refractivity contribution >= 4 is 35.2 Å². The molecule has 8 heteroatoms. The van der Waals surface area contributed by atoms with E-state index >= 15 is 0 Å². The smallest absolute Gasteiger partial charge is 0.328 e. The molecule has 0 aliphatic carbocycles. The largest absolute Gasteiger partial charge is 0.481 e. The number of hydrogen-bond acceptors (Lipinski definition) is 6. The van der Waals surface area contributed by atoms with Crippen LogP contribution >= 0.6 is 23.4 Å². The molecule has 128 valence electrons. The van der Waals surface area contributed by atoms with E-state index in [9.17, 15) is 9.59 Å². The minimum atomic E-state index is -0.713. The Bertz CT molecular complexity index is 554. The molecule has 23 heavy (non-hydrogen) atoms. The number of ether oxygens (including phenoxy) is 2. The first-order chi connectivity index (χ1) is 10.9. The lowest BCUT2D eigenvalue weighted by atomic mass is 10.2. The fourth-order valence-electron chi connectivity index (χ4n) is 1.75. The van der Waals surface area contributed by atoms with Gasteiger partial charge in [0.15, 0.2) is 0 Å². The highest BCUT2D eigenvalue weighted by Gasteiger charge is 2.24. The number of nitrogens with zero attached hydrogens (tertiary/aromatic N) is 1. The molecular formula is C15H21ClN2O4S. The van der Waals surface area contributed by atoms with E-state index < -0.39 is 17.9 Å². The molecule has 1 heterocycles. The van der Waals surface area contributed by atoms with Gasteiger partial charge >= 0.3 is 5.97 Å². The van der Waals surface area contributed by atoms with E-state index in [-0.39, 0.29) is 22.7 Å². The van der Waals surface area contributed by atoms with Gasteiger partial charge in [-0.15, -0.1) is 0 Å². The lowest BCUT2D eigenvalue weighted by Gasteiger charge is -2.19. The molecule has 0 saturated carbocycles. The molecule has 1 amide bonds. The molecule has 1 unspecified atom stereocenters. The maximum absolute atomic E-state index is 12.4. The average Bonchev–Trinajstić information content (AvgIpc) is 2.49. The Morgan fingerprint density at radius 1 is 1.39 bits per heavy atom. The highest BCUT2D eigenvalue weighted by atomic mass is 35.5. The molecular weight excluding hydrogens is 340 g/mol. The number of halogens is 1. The summed E-state index contributed by atoms with van der Waals surface area (Å²) in [5.74, 6) is 0.0699. The zero-order valence-electron chi connectivity index (χ0n) is 13.6.